The first-order valence-electron chi connectivity index (χ1n) is 6.88. The van der Waals surface area contributed by atoms with Crippen molar-refractivity contribution in [3.8, 4) is 0 Å². The largest absolute Gasteiger partial charge is 0.356 e. The minimum absolute atomic E-state index is 0.558. The number of nitrogens with zero attached hydrogens (tertiary/aromatic N) is 3. The molecule has 0 N–H and O–H groups in total. The van der Waals surface area contributed by atoms with E-state index < -0.39 is 0 Å². The van der Waals surface area contributed by atoms with Crippen LogP contribution < -0.4 is 4.90 Å². The minimum Gasteiger partial charge on any atom is -0.356 e. The van der Waals surface area contributed by atoms with Gasteiger partial charge in [-0.25, -0.2) is 9.97 Å². The standard InChI is InChI=1S/C14H22ClN3/c1-4-13-16-12(15)9-14(17-13)18-7-5-11(6-8-18)10(2)3/h9-11H,4-8H2,1-3H3. The summed E-state index contributed by atoms with van der Waals surface area (Å²) in [5.41, 5.74) is 0. The molecule has 0 aliphatic carbocycles. The van der Waals surface area contributed by atoms with Crippen LogP contribution in [0.1, 0.15) is 39.4 Å². The summed E-state index contributed by atoms with van der Waals surface area (Å²) in [7, 11) is 0. The molecular formula is C14H22ClN3. The molecule has 1 fully saturated rings. The molecular weight excluding hydrogens is 246 g/mol. The second-order valence-corrected chi connectivity index (χ2v) is 5.77. The Hall–Kier alpha value is -0.830. The zero-order chi connectivity index (χ0) is 13.1. The molecule has 0 spiro atoms. The zero-order valence-corrected chi connectivity index (χ0v) is 12.2. The van der Waals surface area contributed by atoms with E-state index in [1.54, 1.807) is 0 Å². The third kappa shape index (κ3) is 3.14. The number of hydrogen-bond acceptors (Lipinski definition) is 3. The fourth-order valence-corrected chi connectivity index (χ4v) is 2.76. The van der Waals surface area contributed by atoms with Gasteiger partial charge in [-0.1, -0.05) is 32.4 Å². The number of anilines is 1. The topological polar surface area (TPSA) is 29.0 Å². The van der Waals surface area contributed by atoms with Gasteiger partial charge in [0.05, 0.1) is 0 Å². The van der Waals surface area contributed by atoms with E-state index in [1.807, 2.05) is 6.07 Å². The SMILES string of the molecule is CCc1nc(Cl)cc(N2CCC(C(C)C)CC2)n1. The lowest BCUT2D eigenvalue weighted by Gasteiger charge is -2.34. The van der Waals surface area contributed by atoms with Gasteiger partial charge in [-0.05, 0) is 24.7 Å². The first kappa shape index (κ1) is 13.6. The average molecular weight is 268 g/mol. The first-order valence-corrected chi connectivity index (χ1v) is 7.26. The van der Waals surface area contributed by atoms with Crippen molar-refractivity contribution in [1.29, 1.82) is 0 Å². The summed E-state index contributed by atoms with van der Waals surface area (Å²) in [6.45, 7) is 8.85. The van der Waals surface area contributed by atoms with E-state index in [0.717, 1.165) is 43.0 Å². The van der Waals surface area contributed by atoms with Crippen molar-refractivity contribution in [3.05, 3.63) is 17.0 Å². The molecule has 1 saturated heterocycles. The van der Waals surface area contributed by atoms with Gasteiger partial charge in [-0.3, -0.25) is 0 Å². The van der Waals surface area contributed by atoms with E-state index in [1.165, 1.54) is 12.8 Å². The van der Waals surface area contributed by atoms with Gasteiger partial charge in [0, 0.05) is 25.6 Å². The molecule has 2 rings (SSSR count). The maximum atomic E-state index is 6.05. The maximum absolute atomic E-state index is 6.05. The van der Waals surface area contributed by atoms with Crippen LogP contribution in [0, 0.1) is 11.8 Å². The van der Waals surface area contributed by atoms with Crippen LogP contribution in [0.25, 0.3) is 0 Å². The van der Waals surface area contributed by atoms with Crippen LogP contribution in [0.3, 0.4) is 0 Å². The average Bonchev–Trinajstić information content (AvgIpc) is 2.38. The van der Waals surface area contributed by atoms with Gasteiger partial charge >= 0.3 is 0 Å². The van der Waals surface area contributed by atoms with E-state index in [4.69, 9.17) is 11.6 Å². The molecule has 4 heteroatoms. The van der Waals surface area contributed by atoms with E-state index in [2.05, 4.69) is 35.6 Å². The summed E-state index contributed by atoms with van der Waals surface area (Å²) in [6, 6.07) is 1.89. The number of rotatable bonds is 3. The molecule has 0 amide bonds. The van der Waals surface area contributed by atoms with E-state index >= 15 is 0 Å². The highest BCUT2D eigenvalue weighted by Crippen LogP contribution is 2.27. The van der Waals surface area contributed by atoms with Crippen LogP contribution in [-0.4, -0.2) is 23.1 Å². The molecule has 0 atom stereocenters. The molecule has 18 heavy (non-hydrogen) atoms. The highest BCUT2D eigenvalue weighted by atomic mass is 35.5. The summed E-state index contributed by atoms with van der Waals surface area (Å²) in [6.07, 6.45) is 3.33. The second kappa shape index (κ2) is 5.87. The van der Waals surface area contributed by atoms with Crippen LogP contribution in [0.4, 0.5) is 5.82 Å². The first-order chi connectivity index (χ1) is 8.60. The highest BCUT2D eigenvalue weighted by molar-refractivity contribution is 6.29. The lowest BCUT2D eigenvalue weighted by molar-refractivity contribution is 0.310. The molecule has 2 heterocycles. The number of aromatic nitrogens is 2. The van der Waals surface area contributed by atoms with Gasteiger partial charge in [0.1, 0.15) is 16.8 Å². The van der Waals surface area contributed by atoms with Crippen LogP contribution in [0.2, 0.25) is 5.15 Å². The van der Waals surface area contributed by atoms with Gasteiger partial charge < -0.3 is 4.90 Å². The summed E-state index contributed by atoms with van der Waals surface area (Å²) in [4.78, 5) is 11.1. The van der Waals surface area contributed by atoms with Crippen molar-refractivity contribution in [2.75, 3.05) is 18.0 Å². The van der Waals surface area contributed by atoms with Crippen LogP contribution in [-0.2, 0) is 6.42 Å². The van der Waals surface area contributed by atoms with Gasteiger partial charge in [0.25, 0.3) is 0 Å². The summed E-state index contributed by atoms with van der Waals surface area (Å²) in [5.74, 6) is 3.47. The highest BCUT2D eigenvalue weighted by Gasteiger charge is 2.22. The van der Waals surface area contributed by atoms with Crippen molar-refractivity contribution in [3.63, 3.8) is 0 Å². The molecule has 1 aliphatic heterocycles. The molecule has 0 unspecified atom stereocenters. The predicted octanol–water partition coefficient (Wildman–Crippen LogP) is 3.56. The smallest absolute Gasteiger partial charge is 0.134 e. The number of aryl methyl sites for hydroxylation is 1. The van der Waals surface area contributed by atoms with E-state index in [-0.39, 0.29) is 0 Å². The summed E-state index contributed by atoms with van der Waals surface area (Å²) < 4.78 is 0. The maximum Gasteiger partial charge on any atom is 0.134 e. The molecule has 0 aromatic carbocycles. The third-order valence-electron chi connectivity index (χ3n) is 3.85. The molecule has 1 aromatic rings. The van der Waals surface area contributed by atoms with E-state index in [9.17, 15) is 0 Å². The van der Waals surface area contributed by atoms with Crippen LogP contribution >= 0.6 is 11.6 Å². The molecule has 100 valence electrons. The molecule has 0 radical (unpaired) electrons. The van der Waals surface area contributed by atoms with Gasteiger partial charge in [-0.2, -0.15) is 0 Å². The Labute approximate surface area is 115 Å². The van der Waals surface area contributed by atoms with Crippen molar-refractivity contribution in [1.82, 2.24) is 9.97 Å². The zero-order valence-electron chi connectivity index (χ0n) is 11.5. The van der Waals surface area contributed by atoms with Crippen LogP contribution in [0.15, 0.2) is 6.07 Å². The van der Waals surface area contributed by atoms with Crippen molar-refractivity contribution < 1.29 is 0 Å². The Bertz CT molecular complexity index is 398. The second-order valence-electron chi connectivity index (χ2n) is 5.39. The Balaban J connectivity index is 2.07. The number of piperidine rings is 1. The Morgan fingerprint density at radius 1 is 1.33 bits per heavy atom. The van der Waals surface area contributed by atoms with Gasteiger partial charge in [0.2, 0.25) is 0 Å². The Morgan fingerprint density at radius 2 is 2.00 bits per heavy atom. The van der Waals surface area contributed by atoms with E-state index in [0.29, 0.717) is 5.15 Å². The normalized spacial score (nSPS) is 17.5. The van der Waals surface area contributed by atoms with Crippen molar-refractivity contribution in [2.24, 2.45) is 11.8 Å². The molecule has 1 aliphatic rings. The monoisotopic (exact) mass is 267 g/mol. The fraction of sp³-hybridized carbons (Fsp3) is 0.714. The Kier molecular flexibility index (Phi) is 4.44. The third-order valence-corrected chi connectivity index (χ3v) is 4.04. The minimum atomic E-state index is 0.558. The molecule has 3 nitrogen and oxygen atoms in total. The predicted molar refractivity (Wildman–Crippen MR) is 76.2 cm³/mol. The summed E-state index contributed by atoms with van der Waals surface area (Å²) in [5, 5.41) is 0.558. The lowest BCUT2D eigenvalue weighted by atomic mass is 9.87. The van der Waals surface area contributed by atoms with Crippen molar-refractivity contribution >= 4 is 17.4 Å². The van der Waals surface area contributed by atoms with Gasteiger partial charge in [0.15, 0.2) is 0 Å². The summed E-state index contributed by atoms with van der Waals surface area (Å²) >= 11 is 6.05. The van der Waals surface area contributed by atoms with Crippen LogP contribution in [0.5, 0.6) is 0 Å². The Morgan fingerprint density at radius 3 is 2.56 bits per heavy atom. The quantitative estimate of drug-likeness (QED) is 0.784. The van der Waals surface area contributed by atoms with Gasteiger partial charge in [-0.15, -0.1) is 0 Å². The molecule has 0 bridgehead atoms. The molecule has 0 saturated carbocycles. The molecule has 1 aromatic heterocycles. The number of halogens is 1. The van der Waals surface area contributed by atoms with Crippen molar-refractivity contribution in [2.45, 2.75) is 40.0 Å². The number of hydrogen-bond donors (Lipinski definition) is 0. The fourth-order valence-electron chi connectivity index (χ4n) is 2.57. The lowest BCUT2D eigenvalue weighted by Crippen LogP contribution is -2.35.